The third-order valence-electron chi connectivity index (χ3n) is 3.76. The van der Waals surface area contributed by atoms with Crippen LogP contribution in [-0.2, 0) is 11.3 Å². The Morgan fingerprint density at radius 1 is 1.54 bits per heavy atom. The Morgan fingerprint density at radius 2 is 2.42 bits per heavy atom. The second kappa shape index (κ2) is 7.62. The summed E-state index contributed by atoms with van der Waals surface area (Å²) in [5.74, 6) is 2.12. The first-order valence-electron chi connectivity index (χ1n) is 7.66. The largest absolute Gasteiger partial charge is 0.478 e. The molecule has 1 aliphatic rings. The lowest BCUT2D eigenvalue weighted by atomic mass is 10.1. The van der Waals surface area contributed by atoms with E-state index in [2.05, 4.69) is 20.1 Å². The van der Waals surface area contributed by atoms with Gasteiger partial charge in [0.25, 0.3) is 0 Å². The zero-order valence-electron chi connectivity index (χ0n) is 13.3. The van der Waals surface area contributed by atoms with Crippen molar-refractivity contribution in [3.63, 3.8) is 0 Å². The number of hydrogen-bond acceptors (Lipinski definition) is 6. The average Bonchev–Trinajstić information content (AvgIpc) is 3.01. The van der Waals surface area contributed by atoms with Crippen LogP contribution in [0.1, 0.15) is 23.3 Å². The average molecular weight is 348 g/mol. The monoisotopic (exact) mass is 347 g/mol. The number of rotatable bonds is 5. The van der Waals surface area contributed by atoms with Crippen molar-refractivity contribution < 1.29 is 9.47 Å². The molecule has 1 saturated heterocycles. The minimum atomic E-state index is -0.161. The van der Waals surface area contributed by atoms with Crippen LogP contribution in [0.5, 0.6) is 5.75 Å². The Bertz CT molecular complexity index is 742. The quantitative estimate of drug-likeness (QED) is 0.892. The normalized spacial score (nSPS) is 18.3. The van der Waals surface area contributed by atoms with Crippen molar-refractivity contribution in [2.75, 3.05) is 26.3 Å². The van der Waals surface area contributed by atoms with Crippen LogP contribution in [-0.4, -0.2) is 46.4 Å². The second-order valence-corrected chi connectivity index (χ2v) is 6.01. The smallest absolute Gasteiger partial charge is 0.180 e. The van der Waals surface area contributed by atoms with E-state index in [0.717, 1.165) is 17.9 Å². The number of benzene rings is 1. The number of nitriles is 1. The van der Waals surface area contributed by atoms with Crippen molar-refractivity contribution in [2.24, 2.45) is 0 Å². The maximum atomic E-state index is 8.71. The maximum absolute atomic E-state index is 8.71. The van der Waals surface area contributed by atoms with Gasteiger partial charge in [-0.25, -0.2) is 4.98 Å². The maximum Gasteiger partial charge on any atom is 0.180 e. The molecule has 1 N–H and O–H groups in total. The molecule has 8 heteroatoms. The summed E-state index contributed by atoms with van der Waals surface area (Å²) in [5, 5.41) is 16.4. The highest BCUT2D eigenvalue weighted by atomic mass is 35.5. The molecule has 1 aromatic heterocycles. The third kappa shape index (κ3) is 4.03. The molecule has 2 aromatic rings. The van der Waals surface area contributed by atoms with Gasteiger partial charge in [0.05, 0.1) is 6.61 Å². The lowest BCUT2D eigenvalue weighted by molar-refractivity contribution is -0.0372. The molecule has 7 nitrogen and oxygen atoms in total. The van der Waals surface area contributed by atoms with Crippen molar-refractivity contribution in [3.05, 3.63) is 40.4 Å². The van der Waals surface area contributed by atoms with Gasteiger partial charge in [-0.1, -0.05) is 11.6 Å². The van der Waals surface area contributed by atoms with Gasteiger partial charge >= 0.3 is 0 Å². The Balaban J connectivity index is 1.71. The van der Waals surface area contributed by atoms with E-state index in [-0.39, 0.29) is 12.7 Å². The number of morpholine rings is 1. The van der Waals surface area contributed by atoms with E-state index in [4.69, 9.17) is 26.3 Å². The molecular weight excluding hydrogens is 330 g/mol. The summed E-state index contributed by atoms with van der Waals surface area (Å²) in [5.41, 5.74) is 0.949. The van der Waals surface area contributed by atoms with Crippen LogP contribution in [0.15, 0.2) is 18.2 Å². The fraction of sp³-hybridized carbons (Fsp3) is 0.438. The Morgan fingerprint density at radius 3 is 3.17 bits per heavy atom. The molecular formula is C16H18ClN5O2. The van der Waals surface area contributed by atoms with E-state index in [1.165, 1.54) is 0 Å². The molecule has 0 bridgehead atoms. The van der Waals surface area contributed by atoms with Gasteiger partial charge in [0.1, 0.15) is 23.7 Å². The lowest BCUT2D eigenvalue weighted by Gasteiger charge is -2.31. The van der Waals surface area contributed by atoms with E-state index in [1.54, 1.807) is 12.1 Å². The number of aromatic nitrogens is 3. The molecule has 1 atom stereocenters. The summed E-state index contributed by atoms with van der Waals surface area (Å²) in [4.78, 5) is 6.59. The molecule has 0 saturated carbocycles. The molecule has 0 aliphatic carbocycles. The van der Waals surface area contributed by atoms with E-state index in [1.807, 2.05) is 19.1 Å². The first-order valence-corrected chi connectivity index (χ1v) is 8.04. The van der Waals surface area contributed by atoms with Crippen LogP contribution < -0.4 is 4.74 Å². The van der Waals surface area contributed by atoms with Crippen LogP contribution in [0, 0.1) is 18.3 Å². The molecule has 2 heterocycles. The fourth-order valence-electron chi connectivity index (χ4n) is 2.67. The van der Waals surface area contributed by atoms with Gasteiger partial charge in [-0.2, -0.15) is 10.4 Å². The van der Waals surface area contributed by atoms with E-state index in [0.29, 0.717) is 36.3 Å². The first kappa shape index (κ1) is 16.7. The Hall–Kier alpha value is -2.14. The van der Waals surface area contributed by atoms with Crippen LogP contribution in [0.2, 0.25) is 5.02 Å². The van der Waals surface area contributed by atoms with Crippen molar-refractivity contribution >= 4 is 11.6 Å². The first-order chi connectivity index (χ1) is 11.7. The van der Waals surface area contributed by atoms with Gasteiger partial charge in [0.15, 0.2) is 12.4 Å². The standard InChI is InChI=1S/C16H18ClN5O2/c1-11-19-16(21-20-11)15-10-22(5-7-24-15)9-12-8-13(17)2-3-14(12)23-6-4-18/h2-3,8,15H,5-7,9-10H2,1H3,(H,19,20,21)/t15-/m0/s1. The van der Waals surface area contributed by atoms with Gasteiger partial charge < -0.3 is 9.47 Å². The van der Waals surface area contributed by atoms with Gasteiger partial charge in [0.2, 0.25) is 0 Å². The van der Waals surface area contributed by atoms with E-state index < -0.39 is 0 Å². The number of aryl methyl sites for hydroxylation is 1. The topological polar surface area (TPSA) is 87.1 Å². The van der Waals surface area contributed by atoms with Crippen molar-refractivity contribution in [3.8, 4) is 11.8 Å². The highest BCUT2D eigenvalue weighted by Gasteiger charge is 2.25. The Labute approximate surface area is 145 Å². The van der Waals surface area contributed by atoms with Crippen LogP contribution in [0.25, 0.3) is 0 Å². The van der Waals surface area contributed by atoms with Gasteiger partial charge in [-0.3, -0.25) is 10.00 Å². The molecule has 126 valence electrons. The highest BCUT2D eigenvalue weighted by molar-refractivity contribution is 6.30. The predicted molar refractivity (Wildman–Crippen MR) is 87.6 cm³/mol. The van der Waals surface area contributed by atoms with Gasteiger partial charge in [-0.05, 0) is 25.1 Å². The Kier molecular flexibility index (Phi) is 5.30. The molecule has 24 heavy (non-hydrogen) atoms. The van der Waals surface area contributed by atoms with Crippen LogP contribution in [0.3, 0.4) is 0 Å². The number of hydrogen-bond donors (Lipinski definition) is 1. The number of halogens is 1. The molecule has 1 fully saturated rings. The minimum Gasteiger partial charge on any atom is -0.478 e. The van der Waals surface area contributed by atoms with E-state index >= 15 is 0 Å². The molecule has 1 aliphatic heterocycles. The number of nitrogens with zero attached hydrogens (tertiary/aromatic N) is 4. The molecule has 1 aromatic carbocycles. The minimum absolute atomic E-state index is 0.0107. The number of aromatic amines is 1. The molecule has 0 unspecified atom stereocenters. The third-order valence-corrected chi connectivity index (χ3v) is 4.00. The number of H-pyrrole nitrogens is 1. The number of nitrogens with one attached hydrogen (secondary N) is 1. The summed E-state index contributed by atoms with van der Waals surface area (Å²) in [6.45, 7) is 4.61. The summed E-state index contributed by atoms with van der Waals surface area (Å²) < 4.78 is 11.3. The second-order valence-electron chi connectivity index (χ2n) is 5.57. The van der Waals surface area contributed by atoms with Crippen molar-refractivity contribution in [1.82, 2.24) is 20.1 Å². The summed E-state index contributed by atoms with van der Waals surface area (Å²) in [6, 6.07) is 7.41. The SMILES string of the molecule is Cc1nc([C@@H]2CN(Cc3cc(Cl)ccc3OCC#N)CCO2)n[nH]1. The van der Waals surface area contributed by atoms with Crippen LogP contribution in [0.4, 0.5) is 0 Å². The molecule has 0 radical (unpaired) electrons. The van der Waals surface area contributed by atoms with Gasteiger partial charge in [0, 0.05) is 30.2 Å². The van der Waals surface area contributed by atoms with Crippen LogP contribution >= 0.6 is 11.6 Å². The van der Waals surface area contributed by atoms with Crippen molar-refractivity contribution in [1.29, 1.82) is 5.26 Å². The zero-order valence-corrected chi connectivity index (χ0v) is 14.1. The molecule has 0 amide bonds. The zero-order chi connectivity index (χ0) is 16.9. The van der Waals surface area contributed by atoms with Gasteiger partial charge in [-0.15, -0.1) is 0 Å². The summed E-state index contributed by atoms with van der Waals surface area (Å²) in [6.07, 6.45) is -0.161. The predicted octanol–water partition coefficient (Wildman–Crippen LogP) is 2.24. The fourth-order valence-corrected chi connectivity index (χ4v) is 2.86. The molecule has 0 spiro atoms. The summed E-state index contributed by atoms with van der Waals surface area (Å²) >= 11 is 6.11. The van der Waals surface area contributed by atoms with Crippen molar-refractivity contribution in [2.45, 2.75) is 19.6 Å². The number of ether oxygens (including phenoxy) is 2. The van der Waals surface area contributed by atoms with E-state index in [9.17, 15) is 0 Å². The highest BCUT2D eigenvalue weighted by Crippen LogP contribution is 2.27. The summed E-state index contributed by atoms with van der Waals surface area (Å²) in [7, 11) is 0. The molecule has 3 rings (SSSR count). The lowest BCUT2D eigenvalue weighted by Crippen LogP contribution is -2.38.